The lowest BCUT2D eigenvalue weighted by atomic mass is 10.0. The van der Waals surface area contributed by atoms with Crippen molar-refractivity contribution in [3.63, 3.8) is 0 Å². The van der Waals surface area contributed by atoms with E-state index >= 15 is 0 Å². The second kappa shape index (κ2) is 6.63. The molecule has 0 bridgehead atoms. The van der Waals surface area contributed by atoms with E-state index < -0.39 is 0 Å². The molecule has 2 fully saturated rings. The Morgan fingerprint density at radius 2 is 2.05 bits per heavy atom. The van der Waals surface area contributed by atoms with Gasteiger partial charge in [-0.15, -0.1) is 0 Å². The summed E-state index contributed by atoms with van der Waals surface area (Å²) < 4.78 is 0. The van der Waals surface area contributed by atoms with E-state index in [-0.39, 0.29) is 5.91 Å². The fourth-order valence-corrected chi connectivity index (χ4v) is 3.49. The summed E-state index contributed by atoms with van der Waals surface area (Å²) in [5.74, 6) is 0.126. The number of hydrogen-bond acceptors (Lipinski definition) is 2. The van der Waals surface area contributed by atoms with Crippen molar-refractivity contribution in [2.75, 3.05) is 13.1 Å². The number of amides is 1. The van der Waals surface area contributed by atoms with E-state index in [9.17, 15) is 4.79 Å². The number of carbonyl (C=O) groups excluding carboxylic acids is 1. The Bertz CT molecular complexity index is 520. The van der Waals surface area contributed by atoms with E-state index in [1.807, 2.05) is 35.2 Å². The maximum Gasteiger partial charge on any atom is 0.246 e. The van der Waals surface area contributed by atoms with Crippen LogP contribution in [0.5, 0.6) is 0 Å². The summed E-state index contributed by atoms with van der Waals surface area (Å²) in [6.45, 7) is 1.97. The van der Waals surface area contributed by atoms with Gasteiger partial charge in [0.05, 0.1) is 0 Å². The molecule has 2 heterocycles. The molecule has 1 amide bonds. The quantitative estimate of drug-likeness (QED) is 0.870. The average Bonchev–Trinajstić information content (AvgIpc) is 3.16. The molecule has 1 N–H and O–H groups in total. The number of halogens is 1. The normalized spacial score (nSPS) is 25.9. The highest BCUT2D eigenvalue weighted by molar-refractivity contribution is 6.30. The van der Waals surface area contributed by atoms with Crippen molar-refractivity contribution in [3.8, 4) is 0 Å². The number of likely N-dealkylation sites (tertiary alicyclic amines) is 1. The summed E-state index contributed by atoms with van der Waals surface area (Å²) in [6.07, 6.45) is 8.22. The van der Waals surface area contributed by atoms with Crippen LogP contribution in [0.1, 0.15) is 31.2 Å². The van der Waals surface area contributed by atoms with Gasteiger partial charge in [0.25, 0.3) is 0 Å². The van der Waals surface area contributed by atoms with Gasteiger partial charge in [0.15, 0.2) is 0 Å². The Balaban J connectivity index is 1.65. The zero-order chi connectivity index (χ0) is 14.7. The number of nitrogens with one attached hydrogen (secondary N) is 1. The summed E-state index contributed by atoms with van der Waals surface area (Å²) in [7, 11) is 0. The zero-order valence-electron chi connectivity index (χ0n) is 12.1. The Morgan fingerprint density at radius 1 is 1.24 bits per heavy atom. The minimum atomic E-state index is 0.126. The van der Waals surface area contributed by atoms with Gasteiger partial charge < -0.3 is 10.2 Å². The molecular formula is C17H21ClN2O. The van der Waals surface area contributed by atoms with E-state index in [4.69, 9.17) is 11.6 Å². The Kier molecular flexibility index (Phi) is 4.61. The standard InChI is InChI=1S/C17H21ClN2O/c18-14-8-5-13(6-9-14)7-10-17(21)20-12-2-4-16(20)15-3-1-11-19-15/h5-10,15-16,19H,1-4,11-12H2. The number of carbonyl (C=O) groups is 1. The first-order valence-electron chi connectivity index (χ1n) is 7.72. The highest BCUT2D eigenvalue weighted by atomic mass is 35.5. The van der Waals surface area contributed by atoms with E-state index in [1.165, 1.54) is 12.8 Å². The first-order valence-corrected chi connectivity index (χ1v) is 8.09. The molecule has 0 radical (unpaired) electrons. The van der Waals surface area contributed by atoms with Gasteiger partial charge in [-0.3, -0.25) is 4.79 Å². The van der Waals surface area contributed by atoms with Gasteiger partial charge in [0, 0.05) is 29.7 Å². The Hall–Kier alpha value is -1.32. The van der Waals surface area contributed by atoms with Crippen LogP contribution in [0.2, 0.25) is 5.02 Å². The second-order valence-corrected chi connectivity index (χ2v) is 6.27. The van der Waals surface area contributed by atoms with Gasteiger partial charge in [-0.1, -0.05) is 23.7 Å². The van der Waals surface area contributed by atoms with Crippen molar-refractivity contribution >= 4 is 23.6 Å². The molecule has 3 rings (SSSR count). The van der Waals surface area contributed by atoms with Crippen LogP contribution in [0, 0.1) is 0 Å². The lowest BCUT2D eigenvalue weighted by Crippen LogP contribution is -2.46. The zero-order valence-corrected chi connectivity index (χ0v) is 12.9. The summed E-state index contributed by atoms with van der Waals surface area (Å²) in [6, 6.07) is 8.38. The number of benzene rings is 1. The van der Waals surface area contributed by atoms with Crippen molar-refractivity contribution in [1.82, 2.24) is 10.2 Å². The van der Waals surface area contributed by atoms with E-state index in [2.05, 4.69) is 5.32 Å². The number of hydrogen-bond donors (Lipinski definition) is 1. The van der Waals surface area contributed by atoms with Crippen molar-refractivity contribution < 1.29 is 4.79 Å². The lowest BCUT2D eigenvalue weighted by Gasteiger charge is -2.28. The molecule has 0 saturated carbocycles. The third kappa shape index (κ3) is 3.47. The smallest absolute Gasteiger partial charge is 0.246 e. The molecule has 3 nitrogen and oxygen atoms in total. The van der Waals surface area contributed by atoms with Gasteiger partial charge in [-0.05, 0) is 56.0 Å². The highest BCUT2D eigenvalue weighted by Crippen LogP contribution is 2.25. The first kappa shape index (κ1) is 14.6. The van der Waals surface area contributed by atoms with Crippen LogP contribution in [-0.4, -0.2) is 36.0 Å². The summed E-state index contributed by atoms with van der Waals surface area (Å²) in [5, 5.41) is 4.24. The van der Waals surface area contributed by atoms with Crippen LogP contribution in [-0.2, 0) is 4.79 Å². The largest absolute Gasteiger partial charge is 0.335 e. The molecule has 0 aromatic heterocycles. The Morgan fingerprint density at radius 3 is 2.76 bits per heavy atom. The summed E-state index contributed by atoms with van der Waals surface area (Å²) in [5.41, 5.74) is 1.00. The molecule has 4 heteroatoms. The Labute approximate surface area is 131 Å². The molecule has 0 spiro atoms. The molecule has 21 heavy (non-hydrogen) atoms. The van der Waals surface area contributed by atoms with E-state index in [1.54, 1.807) is 6.08 Å². The van der Waals surface area contributed by atoms with Gasteiger partial charge in [-0.25, -0.2) is 0 Å². The van der Waals surface area contributed by atoms with Crippen molar-refractivity contribution in [3.05, 3.63) is 40.9 Å². The average molecular weight is 305 g/mol. The van der Waals surface area contributed by atoms with Gasteiger partial charge in [-0.2, -0.15) is 0 Å². The third-order valence-corrected chi connectivity index (χ3v) is 4.69. The fraction of sp³-hybridized carbons (Fsp3) is 0.471. The van der Waals surface area contributed by atoms with Crippen LogP contribution in [0.4, 0.5) is 0 Å². The molecule has 0 aliphatic carbocycles. The molecule has 2 aliphatic heterocycles. The van der Waals surface area contributed by atoms with Crippen LogP contribution < -0.4 is 5.32 Å². The molecule has 1 aromatic rings. The molecular weight excluding hydrogens is 284 g/mol. The minimum Gasteiger partial charge on any atom is -0.335 e. The van der Waals surface area contributed by atoms with Crippen molar-refractivity contribution in [2.24, 2.45) is 0 Å². The molecule has 2 unspecified atom stereocenters. The van der Waals surface area contributed by atoms with Crippen LogP contribution in [0.15, 0.2) is 30.3 Å². The maximum absolute atomic E-state index is 12.4. The lowest BCUT2D eigenvalue weighted by molar-refractivity contribution is -0.127. The molecule has 2 saturated heterocycles. The second-order valence-electron chi connectivity index (χ2n) is 5.83. The van der Waals surface area contributed by atoms with Gasteiger partial charge >= 0.3 is 0 Å². The van der Waals surface area contributed by atoms with Gasteiger partial charge in [0.1, 0.15) is 0 Å². The number of rotatable bonds is 3. The predicted molar refractivity (Wildman–Crippen MR) is 86.2 cm³/mol. The third-order valence-electron chi connectivity index (χ3n) is 4.43. The van der Waals surface area contributed by atoms with E-state index in [0.717, 1.165) is 31.5 Å². The minimum absolute atomic E-state index is 0.126. The highest BCUT2D eigenvalue weighted by Gasteiger charge is 2.34. The molecule has 112 valence electrons. The van der Waals surface area contributed by atoms with E-state index in [0.29, 0.717) is 17.1 Å². The molecule has 2 aliphatic rings. The van der Waals surface area contributed by atoms with Crippen molar-refractivity contribution in [1.29, 1.82) is 0 Å². The maximum atomic E-state index is 12.4. The summed E-state index contributed by atoms with van der Waals surface area (Å²) in [4.78, 5) is 14.5. The monoisotopic (exact) mass is 304 g/mol. The predicted octanol–water partition coefficient (Wildman–Crippen LogP) is 3.10. The summed E-state index contributed by atoms with van der Waals surface area (Å²) >= 11 is 5.86. The van der Waals surface area contributed by atoms with Crippen LogP contribution in [0.25, 0.3) is 6.08 Å². The van der Waals surface area contributed by atoms with Crippen LogP contribution >= 0.6 is 11.6 Å². The molecule has 2 atom stereocenters. The SMILES string of the molecule is O=C(C=Cc1ccc(Cl)cc1)N1CCCC1C1CCCN1. The van der Waals surface area contributed by atoms with Crippen LogP contribution in [0.3, 0.4) is 0 Å². The molecule has 1 aromatic carbocycles. The topological polar surface area (TPSA) is 32.3 Å². The van der Waals surface area contributed by atoms with Gasteiger partial charge in [0.2, 0.25) is 5.91 Å². The number of nitrogens with zero attached hydrogens (tertiary/aromatic N) is 1. The van der Waals surface area contributed by atoms with Crippen molar-refractivity contribution in [2.45, 2.75) is 37.8 Å². The fourth-order valence-electron chi connectivity index (χ4n) is 3.36. The first-order chi connectivity index (χ1) is 10.2.